The molecule has 23 heavy (non-hydrogen) atoms. The van der Waals surface area contributed by atoms with Gasteiger partial charge in [0.15, 0.2) is 0 Å². The third-order valence-corrected chi connectivity index (χ3v) is 5.17. The zero-order chi connectivity index (χ0) is 15.8. The molecular weight excluding hydrogens is 290 g/mol. The molecule has 5 nitrogen and oxygen atoms in total. The molecule has 1 aromatic rings. The summed E-state index contributed by atoms with van der Waals surface area (Å²) in [6, 6.07) is 4.53. The van der Waals surface area contributed by atoms with Gasteiger partial charge >= 0.3 is 0 Å². The van der Waals surface area contributed by atoms with Crippen molar-refractivity contribution in [1.82, 2.24) is 14.4 Å². The van der Waals surface area contributed by atoms with Gasteiger partial charge in [-0.3, -0.25) is 4.79 Å². The summed E-state index contributed by atoms with van der Waals surface area (Å²) in [6.45, 7) is 4.27. The number of nitrogens with zero attached hydrogens (tertiary/aromatic N) is 3. The molecule has 4 rings (SSSR count). The number of hydrogen-bond acceptors (Lipinski definition) is 3. The maximum absolute atomic E-state index is 13.1. The molecule has 3 fully saturated rings. The molecular formula is C18H27N3O2. The van der Waals surface area contributed by atoms with Crippen LogP contribution in [-0.2, 0) is 4.74 Å². The summed E-state index contributed by atoms with van der Waals surface area (Å²) in [5, 5.41) is 0. The number of rotatable bonds is 6. The molecule has 0 aromatic carbocycles. The summed E-state index contributed by atoms with van der Waals surface area (Å²) < 4.78 is 8.07. The van der Waals surface area contributed by atoms with Crippen molar-refractivity contribution in [1.29, 1.82) is 0 Å². The number of ether oxygens (including phenoxy) is 1. The topological polar surface area (TPSA) is 37.7 Å². The minimum absolute atomic E-state index is 0.140. The molecule has 0 bridgehead atoms. The van der Waals surface area contributed by atoms with Crippen LogP contribution in [0.5, 0.6) is 0 Å². The Kier molecular flexibility index (Phi) is 4.16. The SMILES string of the molecule is CN1CCOC(CN(CC2CC2)C(=O)c2cccn2C2CC2)C1. The van der Waals surface area contributed by atoms with E-state index in [2.05, 4.69) is 27.6 Å². The smallest absolute Gasteiger partial charge is 0.270 e. The highest BCUT2D eigenvalue weighted by Gasteiger charge is 2.33. The Morgan fingerprint density at radius 2 is 2.13 bits per heavy atom. The molecule has 1 amide bonds. The Balaban J connectivity index is 1.47. The lowest BCUT2D eigenvalue weighted by Crippen LogP contribution is -2.48. The van der Waals surface area contributed by atoms with Crippen molar-refractivity contribution < 1.29 is 9.53 Å². The zero-order valence-corrected chi connectivity index (χ0v) is 14.0. The number of carbonyl (C=O) groups excluding carboxylic acids is 1. The van der Waals surface area contributed by atoms with E-state index in [1.54, 1.807) is 0 Å². The molecule has 1 unspecified atom stereocenters. The second-order valence-corrected chi connectivity index (χ2v) is 7.44. The lowest BCUT2D eigenvalue weighted by molar-refractivity contribution is -0.0332. The van der Waals surface area contributed by atoms with E-state index in [-0.39, 0.29) is 12.0 Å². The summed E-state index contributed by atoms with van der Waals surface area (Å²) in [4.78, 5) is 17.5. The number of aromatic nitrogens is 1. The van der Waals surface area contributed by atoms with E-state index < -0.39 is 0 Å². The lowest BCUT2D eigenvalue weighted by Gasteiger charge is -2.34. The largest absolute Gasteiger partial charge is 0.374 e. The van der Waals surface area contributed by atoms with Crippen LogP contribution >= 0.6 is 0 Å². The van der Waals surface area contributed by atoms with Gasteiger partial charge in [0.1, 0.15) is 5.69 Å². The van der Waals surface area contributed by atoms with Crippen LogP contribution in [0.15, 0.2) is 18.3 Å². The van der Waals surface area contributed by atoms with Gasteiger partial charge in [0.2, 0.25) is 0 Å². The van der Waals surface area contributed by atoms with Crippen molar-refractivity contribution in [3.8, 4) is 0 Å². The van der Waals surface area contributed by atoms with E-state index in [0.717, 1.165) is 38.5 Å². The molecule has 5 heteroatoms. The van der Waals surface area contributed by atoms with Gasteiger partial charge in [0.05, 0.1) is 12.7 Å². The molecule has 0 spiro atoms. The fourth-order valence-corrected chi connectivity index (χ4v) is 3.48. The summed E-state index contributed by atoms with van der Waals surface area (Å²) in [5.74, 6) is 0.884. The highest BCUT2D eigenvalue weighted by Crippen LogP contribution is 2.36. The first-order valence-electron chi connectivity index (χ1n) is 8.97. The fraction of sp³-hybridized carbons (Fsp3) is 0.722. The van der Waals surface area contributed by atoms with Crippen LogP contribution in [0.2, 0.25) is 0 Å². The van der Waals surface area contributed by atoms with Crippen molar-refractivity contribution in [2.45, 2.75) is 37.8 Å². The molecule has 2 saturated carbocycles. The van der Waals surface area contributed by atoms with Gasteiger partial charge in [-0.05, 0) is 50.8 Å². The van der Waals surface area contributed by atoms with Gasteiger partial charge < -0.3 is 19.1 Å². The van der Waals surface area contributed by atoms with Crippen molar-refractivity contribution in [3.05, 3.63) is 24.0 Å². The molecule has 1 aliphatic heterocycles. The normalized spacial score (nSPS) is 25.5. The predicted molar refractivity (Wildman–Crippen MR) is 88.6 cm³/mol. The second-order valence-electron chi connectivity index (χ2n) is 7.44. The molecule has 2 heterocycles. The number of likely N-dealkylation sites (N-methyl/N-ethyl adjacent to an activating group) is 1. The third kappa shape index (κ3) is 3.61. The summed E-state index contributed by atoms with van der Waals surface area (Å²) >= 11 is 0. The number of carbonyl (C=O) groups is 1. The summed E-state index contributed by atoms with van der Waals surface area (Å²) in [5.41, 5.74) is 0.859. The van der Waals surface area contributed by atoms with Gasteiger partial charge in [0, 0.05) is 38.4 Å². The number of hydrogen-bond donors (Lipinski definition) is 0. The van der Waals surface area contributed by atoms with Crippen LogP contribution in [0.3, 0.4) is 0 Å². The molecule has 1 atom stereocenters. The summed E-state index contributed by atoms with van der Waals surface area (Å²) in [6.07, 6.45) is 7.13. The van der Waals surface area contributed by atoms with Crippen LogP contribution < -0.4 is 0 Å². The Morgan fingerprint density at radius 1 is 1.30 bits per heavy atom. The van der Waals surface area contributed by atoms with Gasteiger partial charge in [-0.15, -0.1) is 0 Å². The van der Waals surface area contributed by atoms with E-state index >= 15 is 0 Å². The van der Waals surface area contributed by atoms with Crippen LogP contribution in [0.1, 0.15) is 42.2 Å². The molecule has 126 valence electrons. The van der Waals surface area contributed by atoms with Crippen molar-refractivity contribution >= 4 is 5.91 Å². The van der Waals surface area contributed by atoms with Crippen LogP contribution in [0.4, 0.5) is 0 Å². The predicted octanol–water partition coefficient (Wildman–Crippen LogP) is 2.01. The summed E-state index contributed by atoms with van der Waals surface area (Å²) in [7, 11) is 2.13. The third-order valence-electron chi connectivity index (χ3n) is 5.17. The van der Waals surface area contributed by atoms with Crippen molar-refractivity contribution in [2.24, 2.45) is 5.92 Å². The maximum atomic E-state index is 13.1. The molecule has 1 saturated heterocycles. The lowest BCUT2D eigenvalue weighted by atomic mass is 10.2. The first kappa shape index (κ1) is 15.2. The minimum atomic E-state index is 0.140. The Morgan fingerprint density at radius 3 is 2.83 bits per heavy atom. The Bertz CT molecular complexity index is 562. The van der Waals surface area contributed by atoms with Crippen LogP contribution in [-0.4, -0.2) is 66.2 Å². The highest BCUT2D eigenvalue weighted by molar-refractivity contribution is 5.93. The first-order chi connectivity index (χ1) is 11.2. The first-order valence-corrected chi connectivity index (χ1v) is 8.97. The highest BCUT2D eigenvalue weighted by atomic mass is 16.5. The van der Waals surface area contributed by atoms with Gasteiger partial charge in [0.25, 0.3) is 5.91 Å². The van der Waals surface area contributed by atoms with E-state index in [1.807, 2.05) is 12.1 Å². The van der Waals surface area contributed by atoms with E-state index in [0.29, 0.717) is 12.0 Å². The van der Waals surface area contributed by atoms with E-state index in [1.165, 1.54) is 25.7 Å². The van der Waals surface area contributed by atoms with Crippen LogP contribution in [0.25, 0.3) is 0 Å². The molecule has 3 aliphatic rings. The van der Waals surface area contributed by atoms with Crippen LogP contribution in [0, 0.1) is 5.92 Å². The maximum Gasteiger partial charge on any atom is 0.270 e. The quantitative estimate of drug-likeness (QED) is 0.805. The second kappa shape index (κ2) is 6.29. The number of amides is 1. The number of morpholine rings is 1. The minimum Gasteiger partial charge on any atom is -0.374 e. The van der Waals surface area contributed by atoms with Gasteiger partial charge in [-0.25, -0.2) is 0 Å². The van der Waals surface area contributed by atoms with E-state index in [4.69, 9.17) is 4.74 Å². The monoisotopic (exact) mass is 317 g/mol. The zero-order valence-electron chi connectivity index (χ0n) is 14.0. The molecule has 0 N–H and O–H groups in total. The molecule has 1 aromatic heterocycles. The molecule has 0 radical (unpaired) electrons. The average Bonchev–Trinajstić information content (AvgIpc) is 3.47. The fourth-order valence-electron chi connectivity index (χ4n) is 3.48. The van der Waals surface area contributed by atoms with Gasteiger partial charge in [-0.2, -0.15) is 0 Å². The van der Waals surface area contributed by atoms with E-state index in [9.17, 15) is 4.79 Å². The average molecular weight is 317 g/mol. The van der Waals surface area contributed by atoms with Gasteiger partial charge in [-0.1, -0.05) is 0 Å². The standard InChI is InChI=1S/C18H27N3O2/c1-19-9-10-23-16(12-19)13-20(11-14-4-5-14)18(22)17-3-2-8-21(17)15-6-7-15/h2-3,8,14-16H,4-7,9-13H2,1H3. The Hall–Kier alpha value is -1.33. The molecule has 2 aliphatic carbocycles. The Labute approximate surface area is 138 Å². The van der Waals surface area contributed by atoms with Crippen molar-refractivity contribution in [3.63, 3.8) is 0 Å². The van der Waals surface area contributed by atoms with Crippen molar-refractivity contribution in [2.75, 3.05) is 39.8 Å².